The lowest BCUT2D eigenvalue weighted by Crippen LogP contribution is -2.37. The number of hydrogen-bond donors (Lipinski definition) is 2. The second kappa shape index (κ2) is 10.7. The normalized spacial score (nSPS) is 12.1. The number of nitrogens with zero attached hydrogens (tertiary/aromatic N) is 2. The summed E-state index contributed by atoms with van der Waals surface area (Å²) in [5.41, 5.74) is 5.70. The molecular formula is C11H26N4O. The first-order chi connectivity index (χ1) is 7.70. The van der Waals surface area contributed by atoms with E-state index in [1.807, 2.05) is 6.92 Å². The zero-order valence-electron chi connectivity index (χ0n) is 10.8. The van der Waals surface area contributed by atoms with Crippen molar-refractivity contribution in [2.24, 2.45) is 10.7 Å². The molecule has 0 radical (unpaired) electrons. The highest BCUT2D eigenvalue weighted by Crippen LogP contribution is 1.83. The molecule has 96 valence electrons. The van der Waals surface area contributed by atoms with Gasteiger partial charge in [0.15, 0.2) is 5.96 Å². The third kappa shape index (κ3) is 9.73. The van der Waals surface area contributed by atoms with Crippen molar-refractivity contribution in [2.45, 2.75) is 20.3 Å². The van der Waals surface area contributed by atoms with Crippen LogP contribution in [0.2, 0.25) is 0 Å². The fraction of sp³-hybridized carbons (Fsp3) is 0.909. The molecule has 0 saturated heterocycles. The second-order valence-electron chi connectivity index (χ2n) is 3.64. The van der Waals surface area contributed by atoms with E-state index in [-0.39, 0.29) is 0 Å². The molecule has 0 rings (SSSR count). The molecule has 5 heteroatoms. The van der Waals surface area contributed by atoms with Gasteiger partial charge in [0.2, 0.25) is 0 Å². The van der Waals surface area contributed by atoms with Crippen LogP contribution in [0.25, 0.3) is 0 Å². The van der Waals surface area contributed by atoms with Crippen LogP contribution < -0.4 is 11.1 Å². The standard InChI is InChI=1S/C11H26N4O/c1-4-15(3)9-8-14-11(12)13-7-6-10-16-5-2/h4-10H2,1-3H3,(H3,12,13,14). The van der Waals surface area contributed by atoms with Crippen LogP contribution in [0.4, 0.5) is 0 Å². The first-order valence-corrected chi connectivity index (χ1v) is 6.00. The Balaban J connectivity index is 3.40. The molecular weight excluding hydrogens is 204 g/mol. The monoisotopic (exact) mass is 230 g/mol. The summed E-state index contributed by atoms with van der Waals surface area (Å²) >= 11 is 0. The molecule has 0 bridgehead atoms. The van der Waals surface area contributed by atoms with Gasteiger partial charge in [-0.05, 0) is 26.9 Å². The molecule has 0 unspecified atom stereocenters. The van der Waals surface area contributed by atoms with Crippen LogP contribution >= 0.6 is 0 Å². The second-order valence-corrected chi connectivity index (χ2v) is 3.64. The van der Waals surface area contributed by atoms with Gasteiger partial charge in [0, 0.05) is 32.8 Å². The van der Waals surface area contributed by atoms with Gasteiger partial charge >= 0.3 is 0 Å². The van der Waals surface area contributed by atoms with Crippen molar-refractivity contribution < 1.29 is 4.74 Å². The number of rotatable bonds is 9. The molecule has 0 fully saturated rings. The number of guanidine groups is 1. The Morgan fingerprint density at radius 1 is 1.44 bits per heavy atom. The van der Waals surface area contributed by atoms with Crippen molar-refractivity contribution in [3.05, 3.63) is 0 Å². The smallest absolute Gasteiger partial charge is 0.188 e. The molecule has 3 N–H and O–H groups in total. The van der Waals surface area contributed by atoms with Crippen molar-refractivity contribution in [3.8, 4) is 0 Å². The highest BCUT2D eigenvalue weighted by Gasteiger charge is 1.94. The molecule has 0 aromatic carbocycles. The summed E-state index contributed by atoms with van der Waals surface area (Å²) in [6.45, 7) is 9.23. The van der Waals surface area contributed by atoms with Gasteiger partial charge in [0.1, 0.15) is 0 Å². The summed E-state index contributed by atoms with van der Waals surface area (Å²) in [5.74, 6) is 0.529. The lowest BCUT2D eigenvalue weighted by molar-refractivity contribution is 0.146. The van der Waals surface area contributed by atoms with Gasteiger partial charge < -0.3 is 20.7 Å². The molecule has 5 nitrogen and oxygen atoms in total. The van der Waals surface area contributed by atoms with E-state index in [9.17, 15) is 0 Å². The summed E-state index contributed by atoms with van der Waals surface area (Å²) < 4.78 is 5.21. The quantitative estimate of drug-likeness (QED) is 0.339. The van der Waals surface area contributed by atoms with Crippen LogP contribution in [0.15, 0.2) is 4.99 Å². The van der Waals surface area contributed by atoms with Crippen molar-refractivity contribution in [1.29, 1.82) is 0 Å². The Morgan fingerprint density at radius 3 is 2.81 bits per heavy atom. The van der Waals surface area contributed by atoms with E-state index in [0.29, 0.717) is 5.96 Å². The van der Waals surface area contributed by atoms with E-state index >= 15 is 0 Å². The molecule has 0 heterocycles. The number of nitrogens with one attached hydrogen (secondary N) is 1. The van der Waals surface area contributed by atoms with Crippen LogP contribution in [0.5, 0.6) is 0 Å². The molecule has 0 atom stereocenters. The predicted molar refractivity (Wildman–Crippen MR) is 68.8 cm³/mol. The summed E-state index contributed by atoms with van der Waals surface area (Å²) in [6, 6.07) is 0. The van der Waals surface area contributed by atoms with Gasteiger partial charge in [0.05, 0.1) is 0 Å². The fourth-order valence-corrected chi connectivity index (χ4v) is 1.10. The van der Waals surface area contributed by atoms with Gasteiger partial charge in [0.25, 0.3) is 0 Å². The third-order valence-corrected chi connectivity index (χ3v) is 2.27. The molecule has 0 aromatic heterocycles. The number of likely N-dealkylation sites (N-methyl/N-ethyl adjacent to an activating group) is 1. The number of ether oxygens (including phenoxy) is 1. The number of nitrogens with two attached hydrogens (primary N) is 1. The van der Waals surface area contributed by atoms with Crippen LogP contribution in [-0.4, -0.2) is 57.3 Å². The molecule has 0 amide bonds. The zero-order valence-corrected chi connectivity index (χ0v) is 10.8. The van der Waals surface area contributed by atoms with Gasteiger partial charge in [-0.25, -0.2) is 0 Å². The molecule has 0 aliphatic rings. The minimum atomic E-state index is 0.529. The highest BCUT2D eigenvalue weighted by molar-refractivity contribution is 5.77. The van der Waals surface area contributed by atoms with Crippen LogP contribution in [0.1, 0.15) is 20.3 Å². The maximum atomic E-state index is 5.70. The Bertz CT molecular complexity index is 185. The van der Waals surface area contributed by atoms with Gasteiger partial charge in [-0.3, -0.25) is 4.99 Å². The van der Waals surface area contributed by atoms with Gasteiger partial charge in [-0.15, -0.1) is 0 Å². The molecule has 0 aliphatic heterocycles. The van der Waals surface area contributed by atoms with Crippen molar-refractivity contribution in [2.75, 3.05) is 46.4 Å². The fourth-order valence-electron chi connectivity index (χ4n) is 1.10. The Labute approximate surface area is 99.0 Å². The maximum Gasteiger partial charge on any atom is 0.188 e. The van der Waals surface area contributed by atoms with E-state index in [4.69, 9.17) is 10.5 Å². The van der Waals surface area contributed by atoms with Crippen molar-refractivity contribution in [3.63, 3.8) is 0 Å². The lowest BCUT2D eigenvalue weighted by atomic mass is 10.4. The van der Waals surface area contributed by atoms with Crippen molar-refractivity contribution in [1.82, 2.24) is 10.2 Å². The average Bonchev–Trinajstić information content (AvgIpc) is 2.28. The summed E-state index contributed by atoms with van der Waals surface area (Å²) in [5, 5.41) is 3.08. The van der Waals surface area contributed by atoms with Gasteiger partial charge in [-0.2, -0.15) is 0 Å². The largest absolute Gasteiger partial charge is 0.382 e. The summed E-state index contributed by atoms with van der Waals surface area (Å²) in [4.78, 5) is 6.42. The van der Waals surface area contributed by atoms with E-state index in [2.05, 4.69) is 29.2 Å². The van der Waals surface area contributed by atoms with E-state index in [1.54, 1.807) is 0 Å². The SMILES string of the molecule is CCOCCCN=C(N)NCCN(C)CC. The zero-order chi connectivity index (χ0) is 12.2. The average molecular weight is 230 g/mol. The number of aliphatic imine (C=N–C) groups is 1. The molecule has 0 saturated carbocycles. The van der Waals surface area contributed by atoms with Crippen LogP contribution in [0.3, 0.4) is 0 Å². The van der Waals surface area contributed by atoms with E-state index < -0.39 is 0 Å². The molecule has 0 aromatic rings. The topological polar surface area (TPSA) is 62.9 Å². The minimum Gasteiger partial charge on any atom is -0.382 e. The summed E-state index contributed by atoms with van der Waals surface area (Å²) in [7, 11) is 2.08. The third-order valence-electron chi connectivity index (χ3n) is 2.27. The highest BCUT2D eigenvalue weighted by atomic mass is 16.5. The van der Waals surface area contributed by atoms with Crippen LogP contribution in [-0.2, 0) is 4.74 Å². The molecule has 0 aliphatic carbocycles. The predicted octanol–water partition coefficient (Wildman–Crippen LogP) is 0.269. The minimum absolute atomic E-state index is 0.529. The first kappa shape index (κ1) is 15.2. The maximum absolute atomic E-state index is 5.70. The summed E-state index contributed by atoms with van der Waals surface area (Å²) in [6.07, 6.45) is 0.922. The molecule has 16 heavy (non-hydrogen) atoms. The van der Waals surface area contributed by atoms with Crippen LogP contribution in [0, 0.1) is 0 Å². The van der Waals surface area contributed by atoms with Crippen molar-refractivity contribution >= 4 is 5.96 Å². The first-order valence-electron chi connectivity index (χ1n) is 6.00. The van der Waals surface area contributed by atoms with E-state index in [0.717, 1.165) is 45.8 Å². The van der Waals surface area contributed by atoms with E-state index in [1.165, 1.54) is 0 Å². The lowest BCUT2D eigenvalue weighted by Gasteiger charge is -2.14. The Hall–Kier alpha value is -0.810. The molecule has 0 spiro atoms. The Kier molecular flexibility index (Phi) is 10.2. The number of hydrogen-bond acceptors (Lipinski definition) is 3. The van der Waals surface area contributed by atoms with Gasteiger partial charge in [-0.1, -0.05) is 6.92 Å². The Morgan fingerprint density at radius 2 is 2.19 bits per heavy atom.